The number of carbonyl (C=O) groups excluding carboxylic acids is 2. The van der Waals surface area contributed by atoms with E-state index < -0.39 is 0 Å². The smallest absolute Gasteiger partial charge is 0.260 e. The Balaban J connectivity index is 1.33. The number of rotatable bonds is 5. The first-order valence-electron chi connectivity index (χ1n) is 11.0. The molecule has 4 rings (SSSR count). The summed E-state index contributed by atoms with van der Waals surface area (Å²) in [5.41, 5.74) is 1.11. The quantitative estimate of drug-likeness (QED) is 0.763. The molecule has 3 aliphatic heterocycles. The molecular weight excluding hydrogens is 366 g/mol. The lowest BCUT2D eigenvalue weighted by Gasteiger charge is -2.36. The number of carbonyl (C=O) groups is 2. The van der Waals surface area contributed by atoms with Crippen LogP contribution < -0.4 is 4.74 Å². The van der Waals surface area contributed by atoms with Crippen LogP contribution in [0.3, 0.4) is 0 Å². The van der Waals surface area contributed by atoms with Crippen molar-refractivity contribution in [3.63, 3.8) is 0 Å². The number of piperidine rings is 2. The van der Waals surface area contributed by atoms with Gasteiger partial charge in [0.25, 0.3) is 5.91 Å². The molecule has 6 heteroatoms. The van der Waals surface area contributed by atoms with Gasteiger partial charge in [-0.05, 0) is 31.2 Å². The van der Waals surface area contributed by atoms with Crippen molar-refractivity contribution in [2.75, 3.05) is 39.8 Å². The van der Waals surface area contributed by atoms with E-state index in [1.807, 2.05) is 35.0 Å². The normalized spacial score (nSPS) is 25.9. The molecule has 1 aromatic rings. The molecule has 3 heterocycles. The molecule has 0 radical (unpaired) electrons. The molecule has 29 heavy (non-hydrogen) atoms. The topological polar surface area (TPSA) is 53.1 Å². The van der Waals surface area contributed by atoms with Crippen molar-refractivity contribution in [2.24, 2.45) is 11.8 Å². The highest BCUT2D eigenvalue weighted by Crippen LogP contribution is 2.32. The predicted octanol–water partition coefficient (Wildman–Crippen LogP) is 2.38. The Morgan fingerprint density at radius 2 is 1.90 bits per heavy atom. The molecule has 0 N–H and O–H groups in total. The molecule has 158 valence electrons. The minimum atomic E-state index is 0.0834. The van der Waals surface area contributed by atoms with Gasteiger partial charge in [-0.25, -0.2) is 0 Å². The van der Waals surface area contributed by atoms with Crippen LogP contribution in [0, 0.1) is 11.8 Å². The van der Waals surface area contributed by atoms with Crippen LogP contribution >= 0.6 is 0 Å². The zero-order chi connectivity index (χ0) is 20.4. The minimum absolute atomic E-state index is 0.0834. The highest BCUT2D eigenvalue weighted by molar-refractivity contribution is 5.79. The Morgan fingerprint density at radius 1 is 1.14 bits per heavy atom. The lowest BCUT2D eigenvalue weighted by atomic mass is 9.92. The first-order chi connectivity index (χ1) is 14.0. The Labute approximate surface area is 173 Å². The van der Waals surface area contributed by atoms with E-state index >= 15 is 0 Å². The van der Waals surface area contributed by atoms with Gasteiger partial charge in [0.15, 0.2) is 6.61 Å². The average Bonchev–Trinajstić information content (AvgIpc) is 3.01. The van der Waals surface area contributed by atoms with Crippen molar-refractivity contribution >= 4 is 11.8 Å². The molecule has 3 fully saturated rings. The molecule has 0 aromatic heterocycles. The maximum absolute atomic E-state index is 12.5. The Bertz CT molecular complexity index is 745. The minimum Gasteiger partial charge on any atom is -0.483 e. The zero-order valence-electron chi connectivity index (χ0n) is 17.7. The number of fused-ring (bicyclic) bond motifs is 1. The third-order valence-electron chi connectivity index (χ3n) is 6.96. The molecule has 6 nitrogen and oxygen atoms in total. The van der Waals surface area contributed by atoms with Gasteiger partial charge >= 0.3 is 0 Å². The maximum atomic E-state index is 12.5. The van der Waals surface area contributed by atoms with Crippen molar-refractivity contribution < 1.29 is 14.3 Å². The number of benzene rings is 1. The summed E-state index contributed by atoms with van der Waals surface area (Å²) in [6, 6.07) is 8.43. The Morgan fingerprint density at radius 3 is 2.69 bits per heavy atom. The molecule has 0 unspecified atom stereocenters. The van der Waals surface area contributed by atoms with E-state index in [9.17, 15) is 9.59 Å². The molecule has 3 saturated heterocycles. The molecular formula is C23H33N3O3. The second kappa shape index (κ2) is 8.74. The first kappa shape index (κ1) is 20.2. The average molecular weight is 400 g/mol. The fourth-order valence-electron chi connectivity index (χ4n) is 5.01. The number of hydrogen-bond donors (Lipinski definition) is 0. The van der Waals surface area contributed by atoms with Crippen LogP contribution in [-0.4, -0.2) is 72.4 Å². The van der Waals surface area contributed by atoms with E-state index in [0.29, 0.717) is 24.3 Å². The lowest BCUT2D eigenvalue weighted by Crippen LogP contribution is -2.44. The molecule has 2 atom stereocenters. The molecule has 0 bridgehead atoms. The second-order valence-corrected chi connectivity index (χ2v) is 9.02. The Hall–Kier alpha value is -2.08. The fourth-order valence-corrected chi connectivity index (χ4v) is 5.01. The number of para-hydroxylation sites is 1. The Kier molecular flexibility index (Phi) is 6.09. The second-order valence-electron chi connectivity index (χ2n) is 9.02. The van der Waals surface area contributed by atoms with Gasteiger partial charge in [-0.15, -0.1) is 0 Å². The summed E-state index contributed by atoms with van der Waals surface area (Å²) < 4.78 is 5.96. The first-order valence-corrected chi connectivity index (χ1v) is 11.0. The SMILES string of the molecule is CC1CCN(C(=O)COc2ccccc2CN2CC[C@H]3[C@H](CC(=O)N3C)C2)CC1. The van der Waals surface area contributed by atoms with Crippen LogP contribution in [0.25, 0.3) is 0 Å². The monoisotopic (exact) mass is 399 g/mol. The van der Waals surface area contributed by atoms with Gasteiger partial charge in [0.2, 0.25) is 5.91 Å². The summed E-state index contributed by atoms with van der Waals surface area (Å²) in [5.74, 6) is 2.29. The van der Waals surface area contributed by atoms with Crippen LogP contribution in [0.2, 0.25) is 0 Å². The zero-order valence-corrected chi connectivity index (χ0v) is 17.7. The molecule has 2 amide bonds. The van der Waals surface area contributed by atoms with Crippen LogP contribution in [0.5, 0.6) is 5.75 Å². The summed E-state index contributed by atoms with van der Waals surface area (Å²) in [6.07, 6.45) is 3.86. The largest absolute Gasteiger partial charge is 0.483 e. The summed E-state index contributed by atoms with van der Waals surface area (Å²) in [5, 5.41) is 0. The van der Waals surface area contributed by atoms with E-state index in [-0.39, 0.29) is 18.4 Å². The fraction of sp³-hybridized carbons (Fsp3) is 0.652. The highest BCUT2D eigenvalue weighted by atomic mass is 16.5. The van der Waals surface area contributed by atoms with E-state index in [4.69, 9.17) is 4.74 Å². The summed E-state index contributed by atoms with van der Waals surface area (Å²) in [4.78, 5) is 30.8. The van der Waals surface area contributed by atoms with E-state index in [2.05, 4.69) is 17.9 Å². The number of ether oxygens (including phenoxy) is 1. The summed E-state index contributed by atoms with van der Waals surface area (Å²) in [7, 11) is 1.94. The molecule has 0 spiro atoms. The summed E-state index contributed by atoms with van der Waals surface area (Å²) >= 11 is 0. The lowest BCUT2D eigenvalue weighted by molar-refractivity contribution is -0.134. The number of nitrogens with zero attached hydrogens (tertiary/aromatic N) is 3. The van der Waals surface area contributed by atoms with E-state index in [0.717, 1.165) is 63.3 Å². The van der Waals surface area contributed by atoms with Gasteiger partial charge < -0.3 is 14.5 Å². The number of hydrogen-bond acceptors (Lipinski definition) is 4. The third-order valence-corrected chi connectivity index (χ3v) is 6.96. The van der Waals surface area contributed by atoms with Gasteiger partial charge in [-0.1, -0.05) is 25.1 Å². The van der Waals surface area contributed by atoms with Gasteiger partial charge in [0.05, 0.1) is 0 Å². The highest BCUT2D eigenvalue weighted by Gasteiger charge is 2.40. The van der Waals surface area contributed by atoms with Crippen molar-refractivity contribution in [1.29, 1.82) is 0 Å². The number of amides is 2. The number of likely N-dealkylation sites (tertiary alicyclic amines) is 3. The maximum Gasteiger partial charge on any atom is 0.260 e. The molecule has 0 saturated carbocycles. The van der Waals surface area contributed by atoms with Crippen molar-refractivity contribution in [2.45, 2.75) is 45.2 Å². The van der Waals surface area contributed by atoms with Gasteiger partial charge in [-0.3, -0.25) is 14.5 Å². The van der Waals surface area contributed by atoms with Crippen LogP contribution in [0.4, 0.5) is 0 Å². The van der Waals surface area contributed by atoms with Crippen molar-refractivity contribution in [1.82, 2.24) is 14.7 Å². The van der Waals surface area contributed by atoms with Gasteiger partial charge in [0, 0.05) is 63.7 Å². The molecule has 3 aliphatic rings. The van der Waals surface area contributed by atoms with Crippen LogP contribution in [0.1, 0.15) is 38.2 Å². The van der Waals surface area contributed by atoms with Gasteiger partial charge in [0.1, 0.15) is 5.75 Å². The molecule has 1 aromatic carbocycles. The molecule has 0 aliphatic carbocycles. The van der Waals surface area contributed by atoms with Crippen molar-refractivity contribution in [3.8, 4) is 5.75 Å². The van der Waals surface area contributed by atoms with Gasteiger partial charge in [-0.2, -0.15) is 0 Å². The standard InChI is InChI=1S/C23H33N3O3/c1-17-7-11-26(12-8-17)23(28)16-29-21-6-4-3-5-18(21)14-25-10-9-20-19(15-25)13-22(27)24(20)2/h3-6,17,19-20H,7-16H2,1-2H3/t19-,20+/m1/s1. The van der Waals surface area contributed by atoms with Crippen LogP contribution in [-0.2, 0) is 16.1 Å². The van der Waals surface area contributed by atoms with E-state index in [1.54, 1.807) is 0 Å². The summed E-state index contributed by atoms with van der Waals surface area (Å²) in [6.45, 7) is 6.76. The van der Waals surface area contributed by atoms with Crippen molar-refractivity contribution in [3.05, 3.63) is 29.8 Å². The van der Waals surface area contributed by atoms with Crippen LogP contribution in [0.15, 0.2) is 24.3 Å². The third kappa shape index (κ3) is 4.58. The predicted molar refractivity (Wildman–Crippen MR) is 111 cm³/mol. The van der Waals surface area contributed by atoms with E-state index in [1.165, 1.54) is 0 Å².